The van der Waals surface area contributed by atoms with Crippen LogP contribution < -0.4 is 0 Å². The summed E-state index contributed by atoms with van der Waals surface area (Å²) >= 11 is 0. The molecule has 1 rings (SSSR count). The summed E-state index contributed by atoms with van der Waals surface area (Å²) in [6.45, 7) is 9.00. The smallest absolute Gasteiger partial charge is 0.0433 e. The predicted octanol–water partition coefficient (Wildman–Crippen LogP) is 3.17. The first-order valence-electron chi connectivity index (χ1n) is 5.72. The molecule has 0 aromatic heterocycles. The van der Waals surface area contributed by atoms with Gasteiger partial charge in [-0.1, -0.05) is 24.6 Å². The van der Waals surface area contributed by atoms with Crippen molar-refractivity contribution in [2.24, 2.45) is 5.92 Å². The lowest BCUT2D eigenvalue weighted by Gasteiger charge is -2.15. The molecule has 0 aliphatic rings. The summed E-state index contributed by atoms with van der Waals surface area (Å²) in [4.78, 5) is 0. The van der Waals surface area contributed by atoms with Gasteiger partial charge in [0.2, 0.25) is 0 Å². The number of hydrogen-bond acceptors (Lipinski definition) is 1. The van der Waals surface area contributed by atoms with Crippen LogP contribution in [0.4, 0.5) is 0 Å². The van der Waals surface area contributed by atoms with Crippen LogP contribution in [0.5, 0.6) is 0 Å². The van der Waals surface area contributed by atoms with Crippen molar-refractivity contribution in [1.29, 1.82) is 0 Å². The molecule has 0 heterocycles. The van der Waals surface area contributed by atoms with Crippen LogP contribution >= 0.6 is 0 Å². The lowest BCUT2D eigenvalue weighted by molar-refractivity contribution is 0.262. The zero-order chi connectivity index (χ0) is 11.4. The van der Waals surface area contributed by atoms with Crippen LogP contribution in [0.15, 0.2) is 12.1 Å². The largest absolute Gasteiger partial charge is 0.396 e. The molecule has 0 aliphatic heterocycles. The monoisotopic (exact) mass is 206 g/mol. The van der Waals surface area contributed by atoms with Crippen LogP contribution in [-0.2, 0) is 6.42 Å². The molecule has 0 aliphatic carbocycles. The highest BCUT2D eigenvalue weighted by atomic mass is 16.3. The third-order valence-electron chi connectivity index (χ3n) is 3.01. The predicted molar refractivity (Wildman–Crippen MR) is 65.2 cm³/mol. The Morgan fingerprint density at radius 3 is 2.13 bits per heavy atom. The Bertz CT molecular complexity index is 305. The summed E-state index contributed by atoms with van der Waals surface area (Å²) in [6.07, 6.45) is 1.98. The molecular formula is C14H22O. The molecule has 1 unspecified atom stereocenters. The second-order valence-electron chi connectivity index (χ2n) is 4.70. The molecule has 84 valence electrons. The maximum atomic E-state index is 8.90. The molecule has 0 saturated carbocycles. The highest BCUT2D eigenvalue weighted by molar-refractivity contribution is 5.37. The summed E-state index contributed by atoms with van der Waals surface area (Å²) in [5.74, 6) is 0.565. The fourth-order valence-corrected chi connectivity index (χ4v) is 2.20. The van der Waals surface area contributed by atoms with Crippen LogP contribution in [0.2, 0.25) is 0 Å². The third-order valence-corrected chi connectivity index (χ3v) is 3.01. The molecule has 0 amide bonds. The highest BCUT2D eigenvalue weighted by Crippen LogP contribution is 2.20. The van der Waals surface area contributed by atoms with Gasteiger partial charge in [-0.3, -0.25) is 0 Å². The van der Waals surface area contributed by atoms with Gasteiger partial charge in [0.1, 0.15) is 0 Å². The molecule has 1 N–H and O–H groups in total. The van der Waals surface area contributed by atoms with Crippen molar-refractivity contribution in [3.05, 3.63) is 34.4 Å². The van der Waals surface area contributed by atoms with Crippen molar-refractivity contribution < 1.29 is 5.11 Å². The number of aliphatic hydroxyl groups excluding tert-OH is 1. The average molecular weight is 206 g/mol. The molecule has 1 atom stereocenters. The Morgan fingerprint density at radius 1 is 1.13 bits per heavy atom. The van der Waals surface area contributed by atoms with E-state index in [0.29, 0.717) is 12.5 Å². The molecule has 0 radical (unpaired) electrons. The second kappa shape index (κ2) is 5.32. The summed E-state index contributed by atoms with van der Waals surface area (Å²) in [5, 5.41) is 8.90. The van der Waals surface area contributed by atoms with Gasteiger partial charge in [0, 0.05) is 6.61 Å². The Kier molecular flexibility index (Phi) is 4.34. The average Bonchev–Trinajstić information content (AvgIpc) is 2.11. The molecule has 0 bridgehead atoms. The van der Waals surface area contributed by atoms with Gasteiger partial charge in [0.15, 0.2) is 0 Å². The third kappa shape index (κ3) is 3.35. The second-order valence-corrected chi connectivity index (χ2v) is 4.70. The van der Waals surface area contributed by atoms with E-state index in [1.807, 2.05) is 0 Å². The Hall–Kier alpha value is -0.820. The van der Waals surface area contributed by atoms with Crippen molar-refractivity contribution in [3.8, 4) is 0 Å². The van der Waals surface area contributed by atoms with E-state index in [1.165, 1.54) is 22.3 Å². The van der Waals surface area contributed by atoms with Gasteiger partial charge in [0.05, 0.1) is 0 Å². The van der Waals surface area contributed by atoms with E-state index in [0.717, 1.165) is 12.8 Å². The molecule has 0 fully saturated rings. The van der Waals surface area contributed by atoms with E-state index < -0.39 is 0 Å². The molecule has 1 heteroatoms. The molecule has 1 aromatic rings. The van der Waals surface area contributed by atoms with Crippen molar-refractivity contribution in [2.75, 3.05) is 6.61 Å². The van der Waals surface area contributed by atoms with Gasteiger partial charge in [-0.05, 0) is 56.2 Å². The van der Waals surface area contributed by atoms with Gasteiger partial charge in [0.25, 0.3) is 0 Å². The van der Waals surface area contributed by atoms with Gasteiger partial charge in [-0.25, -0.2) is 0 Å². The first kappa shape index (κ1) is 12.3. The molecule has 1 nitrogen and oxygen atoms in total. The zero-order valence-electron chi connectivity index (χ0n) is 10.3. The number of rotatable bonds is 4. The van der Waals surface area contributed by atoms with Crippen molar-refractivity contribution in [3.63, 3.8) is 0 Å². The maximum Gasteiger partial charge on any atom is 0.0433 e. The minimum atomic E-state index is 0.297. The van der Waals surface area contributed by atoms with E-state index in [-0.39, 0.29) is 0 Å². The molecule has 0 spiro atoms. The quantitative estimate of drug-likeness (QED) is 0.802. The van der Waals surface area contributed by atoms with Gasteiger partial charge in [-0.15, -0.1) is 0 Å². The van der Waals surface area contributed by atoms with Crippen LogP contribution in [-0.4, -0.2) is 11.7 Å². The van der Waals surface area contributed by atoms with Crippen molar-refractivity contribution in [1.82, 2.24) is 0 Å². The first-order chi connectivity index (χ1) is 7.04. The SMILES string of the molecule is Cc1cc(C)c(CC(C)CCO)c(C)c1. The van der Waals surface area contributed by atoms with Crippen LogP contribution in [0.3, 0.4) is 0 Å². The molecule has 1 aromatic carbocycles. The van der Waals surface area contributed by atoms with Crippen molar-refractivity contribution >= 4 is 0 Å². The van der Waals surface area contributed by atoms with E-state index in [2.05, 4.69) is 39.8 Å². The molecule has 15 heavy (non-hydrogen) atoms. The summed E-state index contributed by atoms with van der Waals surface area (Å²) in [5.41, 5.74) is 5.57. The fourth-order valence-electron chi connectivity index (χ4n) is 2.20. The zero-order valence-corrected chi connectivity index (χ0v) is 10.3. The van der Waals surface area contributed by atoms with E-state index in [9.17, 15) is 0 Å². The van der Waals surface area contributed by atoms with Gasteiger partial charge in [-0.2, -0.15) is 0 Å². The Balaban J connectivity index is 2.85. The fraction of sp³-hybridized carbons (Fsp3) is 0.571. The number of aliphatic hydroxyl groups is 1. The Labute approximate surface area is 93.1 Å². The Morgan fingerprint density at radius 2 is 1.67 bits per heavy atom. The van der Waals surface area contributed by atoms with Crippen molar-refractivity contribution in [2.45, 2.75) is 40.5 Å². The van der Waals surface area contributed by atoms with Crippen LogP contribution in [0.25, 0.3) is 0 Å². The number of aryl methyl sites for hydroxylation is 3. The highest BCUT2D eigenvalue weighted by Gasteiger charge is 2.08. The standard InChI is InChI=1S/C14H22O/c1-10(5-6-15)9-14-12(3)7-11(2)8-13(14)4/h7-8,10,15H,5-6,9H2,1-4H3. The van der Waals surface area contributed by atoms with Crippen LogP contribution in [0.1, 0.15) is 35.6 Å². The van der Waals surface area contributed by atoms with E-state index in [1.54, 1.807) is 0 Å². The van der Waals surface area contributed by atoms with E-state index >= 15 is 0 Å². The minimum absolute atomic E-state index is 0.297. The maximum absolute atomic E-state index is 8.90. The topological polar surface area (TPSA) is 20.2 Å². The van der Waals surface area contributed by atoms with Gasteiger partial charge >= 0.3 is 0 Å². The number of hydrogen-bond donors (Lipinski definition) is 1. The first-order valence-corrected chi connectivity index (χ1v) is 5.72. The number of benzene rings is 1. The normalized spacial score (nSPS) is 12.9. The molecular weight excluding hydrogens is 184 g/mol. The lowest BCUT2D eigenvalue weighted by Crippen LogP contribution is -2.05. The summed E-state index contributed by atoms with van der Waals surface area (Å²) in [6, 6.07) is 4.49. The minimum Gasteiger partial charge on any atom is -0.396 e. The summed E-state index contributed by atoms with van der Waals surface area (Å²) in [7, 11) is 0. The van der Waals surface area contributed by atoms with Crippen LogP contribution in [0, 0.1) is 26.7 Å². The summed E-state index contributed by atoms with van der Waals surface area (Å²) < 4.78 is 0. The van der Waals surface area contributed by atoms with E-state index in [4.69, 9.17) is 5.11 Å². The lowest BCUT2D eigenvalue weighted by atomic mass is 9.91. The van der Waals surface area contributed by atoms with Gasteiger partial charge < -0.3 is 5.11 Å². The molecule has 0 saturated heterocycles.